The fraction of sp³-hybridized carbons (Fsp3) is 0.364. The fourth-order valence-corrected chi connectivity index (χ4v) is 1.40. The van der Waals surface area contributed by atoms with Crippen molar-refractivity contribution >= 4 is 11.6 Å². The van der Waals surface area contributed by atoms with Gasteiger partial charge < -0.3 is 14.8 Å². The second kappa shape index (κ2) is 5.16. The van der Waals surface area contributed by atoms with Crippen LogP contribution in [0.4, 0.5) is 18.9 Å². The highest BCUT2D eigenvalue weighted by Gasteiger charge is 2.34. The minimum atomic E-state index is -4.87. The normalized spacial score (nSPS) is 11.0. The number of nitrogens with one attached hydrogen (secondary N) is 1. The van der Waals surface area contributed by atoms with Gasteiger partial charge in [-0.1, -0.05) is 0 Å². The summed E-state index contributed by atoms with van der Waals surface area (Å²) in [5.74, 6) is -1.17. The van der Waals surface area contributed by atoms with E-state index in [0.717, 1.165) is 0 Å². The number of halogens is 3. The summed E-state index contributed by atoms with van der Waals surface area (Å²) in [6.07, 6.45) is -4.87. The molecular formula is C11H12F3NO3. The number of carbonyl (C=O) groups excluding carboxylic acids is 1. The summed E-state index contributed by atoms with van der Waals surface area (Å²) >= 11 is 0. The Morgan fingerprint density at radius 3 is 2.39 bits per heavy atom. The first kappa shape index (κ1) is 14.1. The second-order valence-corrected chi connectivity index (χ2v) is 3.57. The summed E-state index contributed by atoms with van der Waals surface area (Å²) in [7, 11) is 1.22. The molecule has 0 heterocycles. The molecule has 0 spiro atoms. The molecule has 0 fully saturated rings. The van der Waals surface area contributed by atoms with E-state index in [1.54, 1.807) is 6.92 Å². The van der Waals surface area contributed by atoms with Crippen LogP contribution in [0.1, 0.15) is 12.5 Å². The average Bonchev–Trinajstić information content (AvgIpc) is 2.19. The zero-order chi connectivity index (χ0) is 13.9. The molecule has 0 aromatic heterocycles. The van der Waals surface area contributed by atoms with Crippen molar-refractivity contribution in [3.8, 4) is 11.5 Å². The second-order valence-electron chi connectivity index (χ2n) is 3.57. The molecule has 0 aliphatic rings. The van der Waals surface area contributed by atoms with Crippen LogP contribution in [0.2, 0.25) is 0 Å². The number of benzene rings is 1. The quantitative estimate of drug-likeness (QED) is 0.912. The lowest BCUT2D eigenvalue weighted by Crippen LogP contribution is -2.19. The van der Waals surface area contributed by atoms with Crippen LogP contribution in [0, 0.1) is 6.92 Å². The zero-order valence-corrected chi connectivity index (χ0v) is 10.0. The number of amides is 1. The largest absolute Gasteiger partial charge is 0.573 e. The topological polar surface area (TPSA) is 47.6 Å². The van der Waals surface area contributed by atoms with Gasteiger partial charge >= 0.3 is 6.36 Å². The van der Waals surface area contributed by atoms with E-state index < -0.39 is 18.0 Å². The first-order valence-electron chi connectivity index (χ1n) is 4.95. The van der Waals surface area contributed by atoms with Crippen molar-refractivity contribution in [2.45, 2.75) is 20.2 Å². The number of anilines is 1. The van der Waals surface area contributed by atoms with E-state index in [-0.39, 0.29) is 11.4 Å². The Hall–Kier alpha value is -1.92. The molecule has 0 saturated carbocycles. The van der Waals surface area contributed by atoms with Gasteiger partial charge in [-0.25, -0.2) is 0 Å². The molecule has 1 aromatic rings. The number of alkyl halides is 3. The van der Waals surface area contributed by atoms with E-state index in [1.807, 2.05) is 0 Å². The smallest absolute Gasteiger partial charge is 0.493 e. The minimum Gasteiger partial charge on any atom is -0.493 e. The lowest BCUT2D eigenvalue weighted by molar-refractivity contribution is -0.274. The number of hydrogen-bond donors (Lipinski definition) is 1. The third-order valence-corrected chi connectivity index (χ3v) is 1.95. The highest BCUT2D eigenvalue weighted by Crippen LogP contribution is 2.39. The molecule has 0 bridgehead atoms. The summed E-state index contributed by atoms with van der Waals surface area (Å²) < 4.78 is 45.5. The van der Waals surface area contributed by atoms with Gasteiger partial charge in [-0.2, -0.15) is 0 Å². The van der Waals surface area contributed by atoms with Gasteiger partial charge in [0.25, 0.3) is 0 Å². The summed E-state index contributed by atoms with van der Waals surface area (Å²) in [5.41, 5.74) is 0.543. The molecule has 1 rings (SSSR count). The van der Waals surface area contributed by atoms with Crippen LogP contribution in [0.3, 0.4) is 0 Å². The van der Waals surface area contributed by atoms with Crippen molar-refractivity contribution in [3.63, 3.8) is 0 Å². The molecule has 1 amide bonds. The minimum absolute atomic E-state index is 0.0864. The summed E-state index contributed by atoms with van der Waals surface area (Å²) in [5, 5.41) is 2.27. The standard InChI is InChI=1S/C11H12F3NO3/c1-6-4-8(15-7(2)16)10(9(5-6)17-3)18-11(12,13)14/h4-5H,1-3H3,(H,15,16). The Balaban J connectivity index is 3.28. The molecule has 100 valence electrons. The zero-order valence-electron chi connectivity index (χ0n) is 10.0. The predicted octanol–water partition coefficient (Wildman–Crippen LogP) is 2.86. The van der Waals surface area contributed by atoms with E-state index in [9.17, 15) is 18.0 Å². The van der Waals surface area contributed by atoms with Gasteiger partial charge in [0.15, 0.2) is 11.5 Å². The Labute approximate surface area is 102 Å². The Morgan fingerprint density at radius 1 is 1.33 bits per heavy atom. The third kappa shape index (κ3) is 3.83. The summed E-state index contributed by atoms with van der Waals surface area (Å²) in [6, 6.07) is 2.75. The fourth-order valence-electron chi connectivity index (χ4n) is 1.40. The molecule has 4 nitrogen and oxygen atoms in total. The van der Waals surface area contributed by atoms with Gasteiger partial charge in [-0.15, -0.1) is 13.2 Å². The van der Waals surface area contributed by atoms with Crippen molar-refractivity contribution in [1.82, 2.24) is 0 Å². The third-order valence-electron chi connectivity index (χ3n) is 1.95. The predicted molar refractivity (Wildman–Crippen MR) is 58.7 cm³/mol. The van der Waals surface area contributed by atoms with Crippen LogP contribution in [-0.2, 0) is 4.79 Å². The van der Waals surface area contributed by atoms with Crippen molar-refractivity contribution in [2.24, 2.45) is 0 Å². The Morgan fingerprint density at radius 2 is 1.94 bits per heavy atom. The van der Waals surface area contributed by atoms with Crippen LogP contribution in [0.5, 0.6) is 11.5 Å². The number of rotatable bonds is 3. The van der Waals surface area contributed by atoms with Crippen molar-refractivity contribution in [1.29, 1.82) is 0 Å². The van der Waals surface area contributed by atoms with Crippen LogP contribution in [0.25, 0.3) is 0 Å². The summed E-state index contributed by atoms with van der Waals surface area (Å²) in [6.45, 7) is 2.84. The van der Waals surface area contributed by atoms with Gasteiger partial charge in [0, 0.05) is 6.92 Å². The maximum Gasteiger partial charge on any atom is 0.573 e. The van der Waals surface area contributed by atoms with E-state index in [4.69, 9.17) is 4.74 Å². The number of hydrogen-bond acceptors (Lipinski definition) is 3. The monoisotopic (exact) mass is 263 g/mol. The van der Waals surface area contributed by atoms with Gasteiger partial charge in [-0.05, 0) is 24.6 Å². The molecule has 1 aromatic carbocycles. The average molecular weight is 263 g/mol. The highest BCUT2D eigenvalue weighted by atomic mass is 19.4. The molecular weight excluding hydrogens is 251 g/mol. The maximum atomic E-state index is 12.3. The molecule has 1 N–H and O–H groups in total. The lowest BCUT2D eigenvalue weighted by Gasteiger charge is -2.17. The van der Waals surface area contributed by atoms with E-state index in [0.29, 0.717) is 5.56 Å². The van der Waals surface area contributed by atoms with Gasteiger partial charge in [-0.3, -0.25) is 4.79 Å². The lowest BCUT2D eigenvalue weighted by atomic mass is 10.2. The SMILES string of the molecule is COc1cc(C)cc(NC(C)=O)c1OC(F)(F)F. The van der Waals surface area contributed by atoms with Crippen molar-refractivity contribution < 1.29 is 27.4 Å². The van der Waals surface area contributed by atoms with Crippen LogP contribution < -0.4 is 14.8 Å². The molecule has 0 radical (unpaired) electrons. The van der Waals surface area contributed by atoms with E-state index in [2.05, 4.69) is 10.1 Å². The van der Waals surface area contributed by atoms with E-state index >= 15 is 0 Å². The first-order valence-corrected chi connectivity index (χ1v) is 4.95. The molecule has 18 heavy (non-hydrogen) atoms. The van der Waals surface area contributed by atoms with Crippen molar-refractivity contribution in [2.75, 3.05) is 12.4 Å². The molecule has 0 atom stereocenters. The van der Waals surface area contributed by atoms with Gasteiger partial charge in [0.1, 0.15) is 0 Å². The Bertz CT molecular complexity index is 458. The molecule has 0 aliphatic carbocycles. The van der Waals surface area contributed by atoms with Gasteiger partial charge in [0.2, 0.25) is 5.91 Å². The molecule has 0 saturated heterocycles. The molecule has 0 aliphatic heterocycles. The number of ether oxygens (including phenoxy) is 2. The maximum absolute atomic E-state index is 12.3. The van der Waals surface area contributed by atoms with Crippen LogP contribution in [-0.4, -0.2) is 19.4 Å². The summed E-state index contributed by atoms with van der Waals surface area (Å²) in [4.78, 5) is 11.0. The number of carbonyl (C=O) groups is 1. The van der Waals surface area contributed by atoms with Crippen molar-refractivity contribution in [3.05, 3.63) is 17.7 Å². The first-order chi connectivity index (χ1) is 8.23. The van der Waals surface area contributed by atoms with Crippen LogP contribution in [0.15, 0.2) is 12.1 Å². The molecule has 0 unspecified atom stereocenters. The number of methoxy groups -OCH3 is 1. The highest BCUT2D eigenvalue weighted by molar-refractivity contribution is 5.91. The van der Waals surface area contributed by atoms with Gasteiger partial charge in [0.05, 0.1) is 12.8 Å². The van der Waals surface area contributed by atoms with E-state index in [1.165, 1.54) is 26.2 Å². The Kier molecular flexibility index (Phi) is 4.05. The number of aryl methyl sites for hydroxylation is 1. The van der Waals surface area contributed by atoms with Crippen LogP contribution >= 0.6 is 0 Å². The molecule has 7 heteroatoms.